The van der Waals surface area contributed by atoms with Crippen molar-refractivity contribution in [3.8, 4) is 0 Å². The van der Waals surface area contributed by atoms with Gasteiger partial charge in [-0.1, -0.05) is 25.7 Å². The van der Waals surface area contributed by atoms with Gasteiger partial charge in [0.2, 0.25) is 0 Å². The van der Waals surface area contributed by atoms with Gasteiger partial charge in [-0.05, 0) is 68.9 Å². The Balaban J connectivity index is 1.57. The highest BCUT2D eigenvalue weighted by atomic mass is 14.9. The molecule has 0 radical (unpaired) electrons. The number of hydrogen-bond donors (Lipinski definition) is 1. The summed E-state index contributed by atoms with van der Waals surface area (Å²) in [6, 6.07) is 0. The van der Waals surface area contributed by atoms with Crippen molar-refractivity contribution in [2.75, 3.05) is 13.1 Å². The van der Waals surface area contributed by atoms with Gasteiger partial charge < -0.3 is 5.32 Å². The highest BCUT2D eigenvalue weighted by Gasteiger charge is 2.35. The van der Waals surface area contributed by atoms with Gasteiger partial charge >= 0.3 is 0 Å². The van der Waals surface area contributed by atoms with Gasteiger partial charge in [-0.25, -0.2) is 0 Å². The van der Waals surface area contributed by atoms with Crippen LogP contribution < -0.4 is 5.32 Å². The van der Waals surface area contributed by atoms with Crippen LogP contribution in [0.25, 0.3) is 0 Å². The van der Waals surface area contributed by atoms with Crippen LogP contribution in [0.4, 0.5) is 0 Å². The lowest BCUT2D eigenvalue weighted by Gasteiger charge is -2.43. The zero-order chi connectivity index (χ0) is 10.8. The van der Waals surface area contributed by atoms with Crippen molar-refractivity contribution in [3.63, 3.8) is 0 Å². The third-order valence-electron chi connectivity index (χ3n) is 5.63. The standard InChI is InChI=1S/C15H27N/c1-2-4-14-11-15(6-5-12(14)3-1)13-7-9-16-10-8-13/h12-16H,1-11H2. The minimum absolute atomic E-state index is 1.07. The van der Waals surface area contributed by atoms with Crippen molar-refractivity contribution in [3.05, 3.63) is 0 Å². The number of hydrogen-bond acceptors (Lipinski definition) is 1. The highest BCUT2D eigenvalue weighted by molar-refractivity contribution is 4.87. The fourth-order valence-electron chi connectivity index (χ4n) is 4.65. The van der Waals surface area contributed by atoms with Crippen molar-refractivity contribution in [1.29, 1.82) is 0 Å². The molecular weight excluding hydrogens is 194 g/mol. The van der Waals surface area contributed by atoms with Gasteiger partial charge in [-0.15, -0.1) is 0 Å². The van der Waals surface area contributed by atoms with E-state index in [1.54, 1.807) is 32.1 Å². The van der Waals surface area contributed by atoms with Crippen LogP contribution in [0, 0.1) is 23.7 Å². The van der Waals surface area contributed by atoms with E-state index in [4.69, 9.17) is 0 Å². The second-order valence-corrected chi connectivity index (χ2v) is 6.47. The molecule has 0 aromatic carbocycles. The van der Waals surface area contributed by atoms with Gasteiger partial charge in [0.1, 0.15) is 0 Å². The first kappa shape index (κ1) is 11.1. The van der Waals surface area contributed by atoms with Crippen LogP contribution in [-0.4, -0.2) is 13.1 Å². The second kappa shape index (κ2) is 5.08. The summed E-state index contributed by atoms with van der Waals surface area (Å²) in [6.45, 7) is 2.57. The Morgan fingerprint density at radius 2 is 1.12 bits per heavy atom. The third-order valence-corrected chi connectivity index (χ3v) is 5.63. The van der Waals surface area contributed by atoms with Crippen LogP contribution in [-0.2, 0) is 0 Å². The lowest BCUT2D eigenvalue weighted by Crippen LogP contribution is -2.36. The van der Waals surface area contributed by atoms with Crippen molar-refractivity contribution >= 4 is 0 Å². The summed E-state index contributed by atoms with van der Waals surface area (Å²) in [5, 5.41) is 3.51. The zero-order valence-electron chi connectivity index (χ0n) is 10.6. The van der Waals surface area contributed by atoms with Gasteiger partial charge in [-0.2, -0.15) is 0 Å². The SMILES string of the molecule is C1CCC2CC(C3CCNCC3)CCC2C1. The molecule has 2 saturated carbocycles. The van der Waals surface area contributed by atoms with E-state index in [-0.39, 0.29) is 0 Å². The summed E-state index contributed by atoms with van der Waals surface area (Å²) in [6.07, 6.45) is 13.8. The maximum atomic E-state index is 3.51. The van der Waals surface area contributed by atoms with E-state index in [9.17, 15) is 0 Å². The maximum absolute atomic E-state index is 3.51. The third kappa shape index (κ3) is 2.30. The summed E-state index contributed by atoms with van der Waals surface area (Å²) in [4.78, 5) is 0. The van der Waals surface area contributed by atoms with Crippen LogP contribution >= 0.6 is 0 Å². The van der Waals surface area contributed by atoms with E-state index >= 15 is 0 Å². The molecule has 0 amide bonds. The van der Waals surface area contributed by atoms with Gasteiger partial charge in [0.05, 0.1) is 0 Å². The van der Waals surface area contributed by atoms with Crippen LogP contribution in [0.2, 0.25) is 0 Å². The van der Waals surface area contributed by atoms with Crippen LogP contribution in [0.5, 0.6) is 0 Å². The molecule has 1 N–H and O–H groups in total. The van der Waals surface area contributed by atoms with E-state index < -0.39 is 0 Å². The Morgan fingerprint density at radius 3 is 1.94 bits per heavy atom. The molecule has 3 fully saturated rings. The quantitative estimate of drug-likeness (QED) is 0.713. The molecule has 3 rings (SSSR count). The van der Waals surface area contributed by atoms with Crippen molar-refractivity contribution in [1.82, 2.24) is 5.32 Å². The minimum Gasteiger partial charge on any atom is -0.317 e. The molecule has 16 heavy (non-hydrogen) atoms. The normalized spacial score (nSPS) is 41.6. The monoisotopic (exact) mass is 221 g/mol. The van der Waals surface area contributed by atoms with Crippen molar-refractivity contribution < 1.29 is 0 Å². The molecule has 3 unspecified atom stereocenters. The molecule has 0 bridgehead atoms. The van der Waals surface area contributed by atoms with Crippen LogP contribution in [0.3, 0.4) is 0 Å². The smallest absolute Gasteiger partial charge is 0.00462 e. The largest absolute Gasteiger partial charge is 0.317 e. The first-order valence-electron chi connectivity index (χ1n) is 7.64. The Bertz CT molecular complexity index is 217. The molecule has 1 aliphatic heterocycles. The Morgan fingerprint density at radius 1 is 0.562 bits per heavy atom. The Hall–Kier alpha value is -0.0400. The van der Waals surface area contributed by atoms with Crippen molar-refractivity contribution in [2.45, 2.75) is 57.8 Å². The summed E-state index contributed by atoms with van der Waals surface area (Å²) < 4.78 is 0. The molecule has 0 aromatic heterocycles. The first-order chi connectivity index (χ1) is 7.93. The van der Waals surface area contributed by atoms with Gasteiger partial charge in [0.25, 0.3) is 0 Å². The number of rotatable bonds is 1. The van der Waals surface area contributed by atoms with E-state index in [2.05, 4.69) is 5.32 Å². The first-order valence-corrected chi connectivity index (χ1v) is 7.64. The lowest BCUT2D eigenvalue weighted by atomic mass is 9.64. The zero-order valence-corrected chi connectivity index (χ0v) is 10.6. The van der Waals surface area contributed by atoms with Gasteiger partial charge in [-0.3, -0.25) is 0 Å². The average Bonchev–Trinajstić information content (AvgIpc) is 2.39. The predicted octanol–water partition coefficient (Wildman–Crippen LogP) is 3.59. The molecular formula is C15H27N. The van der Waals surface area contributed by atoms with Crippen LogP contribution in [0.1, 0.15) is 57.8 Å². The highest BCUT2D eigenvalue weighted by Crippen LogP contribution is 2.45. The molecule has 0 spiro atoms. The maximum Gasteiger partial charge on any atom is -0.00462 e. The topological polar surface area (TPSA) is 12.0 Å². The predicted molar refractivity (Wildman–Crippen MR) is 68.4 cm³/mol. The summed E-state index contributed by atoms with van der Waals surface area (Å²) >= 11 is 0. The summed E-state index contributed by atoms with van der Waals surface area (Å²) in [7, 11) is 0. The van der Waals surface area contributed by atoms with Gasteiger partial charge in [0.15, 0.2) is 0 Å². The van der Waals surface area contributed by atoms with Crippen molar-refractivity contribution in [2.24, 2.45) is 23.7 Å². The molecule has 3 atom stereocenters. The minimum atomic E-state index is 1.07. The summed E-state index contributed by atoms with van der Waals surface area (Å²) in [5.74, 6) is 4.43. The van der Waals surface area contributed by atoms with E-state index in [0.29, 0.717) is 0 Å². The Kier molecular flexibility index (Phi) is 3.51. The molecule has 1 heterocycles. The van der Waals surface area contributed by atoms with E-state index in [1.165, 1.54) is 38.8 Å². The number of piperidine rings is 1. The number of nitrogens with one attached hydrogen (secondary N) is 1. The molecule has 1 heteroatoms. The average molecular weight is 221 g/mol. The molecule has 1 saturated heterocycles. The Labute approximate surface area is 100 Å². The molecule has 92 valence electrons. The van der Waals surface area contributed by atoms with Crippen LogP contribution in [0.15, 0.2) is 0 Å². The second-order valence-electron chi connectivity index (χ2n) is 6.47. The lowest BCUT2D eigenvalue weighted by molar-refractivity contribution is 0.0882. The molecule has 1 nitrogen and oxygen atoms in total. The number of fused-ring (bicyclic) bond motifs is 1. The fraction of sp³-hybridized carbons (Fsp3) is 1.00. The van der Waals surface area contributed by atoms with E-state index in [1.807, 2.05) is 0 Å². The van der Waals surface area contributed by atoms with E-state index in [0.717, 1.165) is 23.7 Å². The fourth-order valence-corrected chi connectivity index (χ4v) is 4.65. The summed E-state index contributed by atoms with van der Waals surface area (Å²) in [5.41, 5.74) is 0. The molecule has 0 aromatic rings. The van der Waals surface area contributed by atoms with Gasteiger partial charge in [0, 0.05) is 0 Å². The molecule has 2 aliphatic carbocycles. The molecule has 3 aliphatic rings.